The highest BCUT2D eigenvalue weighted by Crippen LogP contribution is 2.52. The third-order valence-electron chi connectivity index (χ3n) is 4.49. The topological polar surface area (TPSA) is 69.9 Å². The molecule has 0 radical (unpaired) electrons. The van der Waals surface area contributed by atoms with Crippen molar-refractivity contribution in [2.24, 2.45) is 5.92 Å². The zero-order valence-corrected chi connectivity index (χ0v) is 11.8. The molecule has 2 aromatic rings. The van der Waals surface area contributed by atoms with Crippen LogP contribution in [0.3, 0.4) is 0 Å². The van der Waals surface area contributed by atoms with Crippen LogP contribution < -0.4 is 0 Å². The van der Waals surface area contributed by atoms with Crippen LogP contribution in [0.15, 0.2) is 18.6 Å². The summed E-state index contributed by atoms with van der Waals surface area (Å²) in [5, 5.41) is 4.48. The number of hydrogen-bond donors (Lipinski definition) is 0. The van der Waals surface area contributed by atoms with Crippen LogP contribution in [-0.2, 0) is 11.2 Å². The van der Waals surface area contributed by atoms with Crippen molar-refractivity contribution < 1.29 is 9.53 Å². The van der Waals surface area contributed by atoms with Gasteiger partial charge in [0.2, 0.25) is 0 Å². The molecular weight excluding hydrogens is 268 g/mol. The van der Waals surface area contributed by atoms with Crippen molar-refractivity contribution in [2.75, 3.05) is 6.61 Å². The minimum atomic E-state index is -0.335. The SMILES string of the molecule is CCOC(=O)c1nn(-c2cnccn2)c2c1CC1CCC21. The summed E-state index contributed by atoms with van der Waals surface area (Å²) in [5.41, 5.74) is 2.63. The highest BCUT2D eigenvalue weighted by atomic mass is 16.5. The van der Waals surface area contributed by atoms with Crippen molar-refractivity contribution in [3.8, 4) is 5.82 Å². The minimum Gasteiger partial charge on any atom is -0.461 e. The van der Waals surface area contributed by atoms with Gasteiger partial charge in [-0.15, -0.1) is 0 Å². The maximum absolute atomic E-state index is 12.1. The van der Waals surface area contributed by atoms with Crippen LogP contribution in [0.2, 0.25) is 0 Å². The molecule has 0 aliphatic heterocycles. The van der Waals surface area contributed by atoms with E-state index in [1.807, 2.05) is 6.92 Å². The Balaban J connectivity index is 1.85. The van der Waals surface area contributed by atoms with Gasteiger partial charge in [0, 0.05) is 23.9 Å². The van der Waals surface area contributed by atoms with E-state index in [9.17, 15) is 4.79 Å². The number of esters is 1. The Kier molecular flexibility index (Phi) is 2.77. The maximum atomic E-state index is 12.1. The summed E-state index contributed by atoms with van der Waals surface area (Å²) in [6.07, 6.45) is 8.25. The average Bonchev–Trinajstić information content (AvgIpc) is 2.95. The number of carbonyl (C=O) groups excluding carboxylic acids is 1. The minimum absolute atomic E-state index is 0.335. The van der Waals surface area contributed by atoms with Crippen LogP contribution in [0.4, 0.5) is 0 Å². The highest BCUT2D eigenvalue weighted by molar-refractivity contribution is 5.89. The van der Waals surface area contributed by atoms with Gasteiger partial charge in [-0.2, -0.15) is 5.10 Å². The summed E-state index contributed by atoms with van der Waals surface area (Å²) in [7, 11) is 0. The molecule has 4 rings (SSSR count). The van der Waals surface area contributed by atoms with Crippen molar-refractivity contribution in [3.63, 3.8) is 0 Å². The van der Waals surface area contributed by atoms with Gasteiger partial charge < -0.3 is 4.74 Å². The Labute approximate surface area is 122 Å². The molecule has 1 fully saturated rings. The molecule has 2 aliphatic carbocycles. The van der Waals surface area contributed by atoms with E-state index in [-0.39, 0.29) is 5.97 Å². The second kappa shape index (κ2) is 4.65. The number of rotatable bonds is 3. The summed E-state index contributed by atoms with van der Waals surface area (Å²) < 4.78 is 6.93. The lowest BCUT2D eigenvalue weighted by atomic mass is 9.75. The lowest BCUT2D eigenvalue weighted by molar-refractivity contribution is 0.0517. The third kappa shape index (κ3) is 1.78. The van der Waals surface area contributed by atoms with Crippen molar-refractivity contribution in [1.82, 2.24) is 19.7 Å². The van der Waals surface area contributed by atoms with E-state index < -0.39 is 0 Å². The lowest BCUT2D eigenvalue weighted by Crippen LogP contribution is -2.22. The molecule has 0 saturated heterocycles. The van der Waals surface area contributed by atoms with Gasteiger partial charge >= 0.3 is 5.97 Å². The Morgan fingerprint density at radius 2 is 2.33 bits per heavy atom. The summed E-state index contributed by atoms with van der Waals surface area (Å²) >= 11 is 0. The summed E-state index contributed by atoms with van der Waals surface area (Å²) in [6, 6.07) is 0. The first kappa shape index (κ1) is 12.5. The number of fused-ring (bicyclic) bond motifs is 3. The highest BCUT2D eigenvalue weighted by Gasteiger charge is 2.45. The van der Waals surface area contributed by atoms with E-state index >= 15 is 0 Å². The lowest BCUT2D eigenvalue weighted by Gasteiger charge is -2.31. The Morgan fingerprint density at radius 3 is 3.00 bits per heavy atom. The van der Waals surface area contributed by atoms with Crippen LogP contribution in [0.25, 0.3) is 5.82 Å². The number of hydrogen-bond acceptors (Lipinski definition) is 5. The maximum Gasteiger partial charge on any atom is 0.359 e. The van der Waals surface area contributed by atoms with Crippen LogP contribution in [0.5, 0.6) is 0 Å². The Morgan fingerprint density at radius 1 is 1.43 bits per heavy atom. The molecule has 6 heteroatoms. The predicted molar refractivity (Wildman–Crippen MR) is 74.3 cm³/mol. The quantitative estimate of drug-likeness (QED) is 0.805. The molecular formula is C15H16N4O2. The van der Waals surface area contributed by atoms with Crippen molar-refractivity contribution in [1.29, 1.82) is 0 Å². The molecule has 2 heterocycles. The molecule has 108 valence electrons. The van der Waals surface area contributed by atoms with Crippen LogP contribution in [-0.4, -0.2) is 32.3 Å². The van der Waals surface area contributed by atoms with Gasteiger partial charge in [0.25, 0.3) is 0 Å². The molecule has 2 aliphatic rings. The summed E-state index contributed by atoms with van der Waals surface area (Å²) in [6.45, 7) is 2.17. The molecule has 1 saturated carbocycles. The smallest absolute Gasteiger partial charge is 0.359 e. The fourth-order valence-corrected chi connectivity index (χ4v) is 3.42. The molecule has 0 bridgehead atoms. The van der Waals surface area contributed by atoms with Crippen molar-refractivity contribution in [3.05, 3.63) is 35.5 Å². The van der Waals surface area contributed by atoms with E-state index in [1.54, 1.807) is 23.3 Å². The number of aromatic nitrogens is 4. The second-order valence-corrected chi connectivity index (χ2v) is 5.56. The number of nitrogens with zero attached hydrogens (tertiary/aromatic N) is 4. The third-order valence-corrected chi connectivity index (χ3v) is 4.49. The van der Waals surface area contributed by atoms with Gasteiger partial charge in [0.05, 0.1) is 18.5 Å². The molecule has 6 nitrogen and oxygen atoms in total. The fraction of sp³-hybridized carbons (Fsp3) is 0.467. The van der Waals surface area contributed by atoms with E-state index in [0.717, 1.165) is 24.1 Å². The first-order valence-corrected chi connectivity index (χ1v) is 7.35. The van der Waals surface area contributed by atoms with E-state index in [4.69, 9.17) is 4.74 Å². The second-order valence-electron chi connectivity index (χ2n) is 5.56. The van der Waals surface area contributed by atoms with Crippen molar-refractivity contribution >= 4 is 5.97 Å². The van der Waals surface area contributed by atoms with Gasteiger partial charge in [-0.25, -0.2) is 14.5 Å². The first-order valence-electron chi connectivity index (χ1n) is 7.35. The molecule has 2 atom stereocenters. The van der Waals surface area contributed by atoms with Crippen LogP contribution in [0, 0.1) is 5.92 Å². The van der Waals surface area contributed by atoms with Gasteiger partial charge in [0.1, 0.15) is 0 Å². The monoisotopic (exact) mass is 284 g/mol. The standard InChI is InChI=1S/C15H16N4O2/c1-2-21-15(20)13-11-7-9-3-4-10(9)14(11)19(18-13)12-8-16-5-6-17-12/h5-6,8-10H,2-4,7H2,1H3. The molecule has 0 amide bonds. The van der Waals surface area contributed by atoms with E-state index in [1.165, 1.54) is 6.42 Å². The van der Waals surface area contributed by atoms with Gasteiger partial charge in [0.15, 0.2) is 11.5 Å². The van der Waals surface area contributed by atoms with Gasteiger partial charge in [-0.1, -0.05) is 0 Å². The van der Waals surface area contributed by atoms with E-state index in [0.29, 0.717) is 30.0 Å². The normalized spacial score (nSPS) is 22.3. The van der Waals surface area contributed by atoms with Gasteiger partial charge in [-0.3, -0.25) is 4.98 Å². The Hall–Kier alpha value is -2.24. The molecule has 0 aromatic carbocycles. The average molecular weight is 284 g/mol. The molecule has 0 N–H and O–H groups in total. The summed E-state index contributed by atoms with van der Waals surface area (Å²) in [5.74, 6) is 1.47. The van der Waals surface area contributed by atoms with Crippen LogP contribution in [0.1, 0.15) is 47.4 Å². The van der Waals surface area contributed by atoms with Crippen molar-refractivity contribution in [2.45, 2.75) is 32.1 Å². The zero-order valence-electron chi connectivity index (χ0n) is 11.8. The first-order chi connectivity index (χ1) is 10.3. The van der Waals surface area contributed by atoms with E-state index in [2.05, 4.69) is 15.1 Å². The molecule has 21 heavy (non-hydrogen) atoms. The fourth-order valence-electron chi connectivity index (χ4n) is 3.42. The Bertz CT molecular complexity index is 695. The largest absolute Gasteiger partial charge is 0.461 e. The molecule has 2 aromatic heterocycles. The van der Waals surface area contributed by atoms with Crippen LogP contribution >= 0.6 is 0 Å². The molecule has 2 unspecified atom stereocenters. The predicted octanol–water partition coefficient (Wildman–Crippen LogP) is 1.89. The number of ether oxygens (including phenoxy) is 1. The number of carbonyl (C=O) groups is 1. The van der Waals surface area contributed by atoms with Gasteiger partial charge in [-0.05, 0) is 32.1 Å². The molecule has 0 spiro atoms. The summed E-state index contributed by atoms with van der Waals surface area (Å²) in [4.78, 5) is 20.6. The zero-order chi connectivity index (χ0) is 14.4.